The molecule has 0 aromatic carbocycles. The highest BCUT2D eigenvalue weighted by atomic mass is 32.1. The van der Waals surface area contributed by atoms with Crippen LogP contribution in [0.4, 0.5) is 5.82 Å². The van der Waals surface area contributed by atoms with Gasteiger partial charge in [-0.15, -0.1) is 11.3 Å². The van der Waals surface area contributed by atoms with Crippen LogP contribution in [0.1, 0.15) is 16.2 Å². The van der Waals surface area contributed by atoms with Crippen LogP contribution in [0, 0.1) is 0 Å². The summed E-state index contributed by atoms with van der Waals surface area (Å²) in [5, 5.41) is 11.2. The van der Waals surface area contributed by atoms with Crippen molar-refractivity contribution in [2.45, 2.75) is 6.54 Å². The summed E-state index contributed by atoms with van der Waals surface area (Å²) in [6.07, 6.45) is 3.30. The second kappa shape index (κ2) is 4.43. The van der Waals surface area contributed by atoms with Crippen molar-refractivity contribution in [3.63, 3.8) is 0 Å². The quantitative estimate of drug-likeness (QED) is 0.792. The van der Waals surface area contributed by atoms with E-state index in [1.54, 1.807) is 34.9 Å². The molecule has 0 aliphatic carbocycles. The Morgan fingerprint density at radius 2 is 2.47 bits per heavy atom. The van der Waals surface area contributed by atoms with Crippen molar-refractivity contribution in [3.8, 4) is 0 Å². The molecule has 0 saturated heterocycles. The van der Waals surface area contributed by atoms with Gasteiger partial charge in [0.2, 0.25) is 0 Å². The Bertz CT molecular complexity index is 714. The summed E-state index contributed by atoms with van der Waals surface area (Å²) >= 11 is 1.40. The number of imidazole rings is 1. The fraction of sp³-hybridized carbons (Fsp3) is 0.167. The summed E-state index contributed by atoms with van der Waals surface area (Å²) in [6.45, 7) is 0.470. The van der Waals surface area contributed by atoms with E-state index in [2.05, 4.69) is 4.98 Å². The van der Waals surface area contributed by atoms with Gasteiger partial charge in [-0.3, -0.25) is 4.40 Å². The number of aromatic carboxylic acids is 1. The van der Waals surface area contributed by atoms with Gasteiger partial charge in [0.05, 0.1) is 12.8 Å². The Morgan fingerprint density at radius 1 is 1.63 bits per heavy atom. The van der Waals surface area contributed by atoms with Crippen LogP contribution in [0.3, 0.4) is 0 Å². The number of aromatic nitrogens is 2. The van der Waals surface area contributed by atoms with Crippen LogP contribution in [0.25, 0.3) is 4.96 Å². The highest BCUT2D eigenvalue weighted by molar-refractivity contribution is 7.15. The highest BCUT2D eigenvalue weighted by Gasteiger charge is 2.22. The molecule has 98 valence electrons. The first kappa shape index (κ1) is 11.8. The van der Waals surface area contributed by atoms with Gasteiger partial charge in [-0.1, -0.05) is 0 Å². The highest BCUT2D eigenvalue weighted by Crippen LogP contribution is 2.25. The standard InChI is InChI=1S/C12H11N3O3S/c1-14(7-8-3-2-5-18-8)10-9(11(16)17)15-4-6-19-12(15)13-10/h2-6H,7H2,1H3,(H,16,17). The molecule has 0 spiro atoms. The number of carboxylic acid groups (broad SMARTS) is 1. The van der Waals surface area contributed by atoms with Gasteiger partial charge in [-0.2, -0.15) is 0 Å². The zero-order chi connectivity index (χ0) is 13.4. The Labute approximate surface area is 112 Å². The minimum absolute atomic E-state index is 0.172. The predicted molar refractivity (Wildman–Crippen MR) is 70.8 cm³/mol. The van der Waals surface area contributed by atoms with Crippen molar-refractivity contribution >= 4 is 28.1 Å². The predicted octanol–water partition coefficient (Wildman–Crippen LogP) is 2.32. The normalized spacial score (nSPS) is 11.0. The molecule has 0 fully saturated rings. The van der Waals surface area contributed by atoms with Crippen LogP contribution < -0.4 is 4.90 Å². The van der Waals surface area contributed by atoms with E-state index >= 15 is 0 Å². The number of hydrogen-bond donors (Lipinski definition) is 1. The number of hydrogen-bond acceptors (Lipinski definition) is 5. The zero-order valence-electron chi connectivity index (χ0n) is 10.1. The summed E-state index contributed by atoms with van der Waals surface area (Å²) in [7, 11) is 1.79. The number of nitrogens with zero attached hydrogens (tertiary/aromatic N) is 3. The molecular formula is C12H11N3O3S. The van der Waals surface area contributed by atoms with Crippen molar-refractivity contribution < 1.29 is 14.3 Å². The number of carbonyl (C=O) groups is 1. The molecule has 0 aliphatic rings. The van der Waals surface area contributed by atoms with Gasteiger partial charge >= 0.3 is 5.97 Å². The van der Waals surface area contributed by atoms with E-state index in [1.807, 2.05) is 11.4 Å². The van der Waals surface area contributed by atoms with Gasteiger partial charge in [0.15, 0.2) is 16.5 Å². The maximum atomic E-state index is 11.4. The molecule has 6 nitrogen and oxygen atoms in total. The summed E-state index contributed by atoms with van der Waals surface area (Å²) < 4.78 is 6.84. The second-order valence-corrected chi connectivity index (χ2v) is 4.95. The van der Waals surface area contributed by atoms with Gasteiger partial charge in [0.25, 0.3) is 0 Å². The first-order valence-electron chi connectivity index (χ1n) is 5.59. The lowest BCUT2D eigenvalue weighted by Gasteiger charge is -2.15. The molecule has 3 aromatic rings. The maximum Gasteiger partial charge on any atom is 0.356 e. The van der Waals surface area contributed by atoms with Crippen LogP contribution in [0.5, 0.6) is 0 Å². The zero-order valence-corrected chi connectivity index (χ0v) is 10.9. The molecule has 3 heterocycles. The molecular weight excluding hydrogens is 266 g/mol. The third kappa shape index (κ3) is 1.97. The first-order valence-corrected chi connectivity index (χ1v) is 6.47. The van der Waals surface area contributed by atoms with Gasteiger partial charge < -0.3 is 14.4 Å². The molecule has 0 saturated carbocycles. The third-order valence-electron chi connectivity index (χ3n) is 2.78. The van der Waals surface area contributed by atoms with Crippen LogP contribution >= 0.6 is 11.3 Å². The molecule has 3 aromatic heterocycles. The lowest BCUT2D eigenvalue weighted by molar-refractivity contribution is 0.0690. The fourth-order valence-electron chi connectivity index (χ4n) is 1.95. The summed E-state index contributed by atoms with van der Waals surface area (Å²) in [5.41, 5.74) is 0.172. The molecule has 0 aliphatic heterocycles. The maximum absolute atomic E-state index is 11.4. The van der Waals surface area contributed by atoms with Crippen LogP contribution in [0.15, 0.2) is 34.4 Å². The first-order chi connectivity index (χ1) is 9.16. The number of thiazole rings is 1. The van der Waals surface area contributed by atoms with Crippen LogP contribution in [-0.4, -0.2) is 27.5 Å². The number of anilines is 1. The molecule has 0 radical (unpaired) electrons. The number of carboxylic acids is 1. The Hall–Kier alpha value is -2.28. The van der Waals surface area contributed by atoms with E-state index in [9.17, 15) is 9.90 Å². The van der Waals surface area contributed by atoms with Crippen molar-refractivity contribution in [2.75, 3.05) is 11.9 Å². The molecule has 0 unspecified atom stereocenters. The van der Waals surface area contributed by atoms with E-state index < -0.39 is 5.97 Å². The van der Waals surface area contributed by atoms with E-state index in [1.165, 1.54) is 11.3 Å². The van der Waals surface area contributed by atoms with E-state index in [0.29, 0.717) is 17.3 Å². The van der Waals surface area contributed by atoms with Crippen LogP contribution in [0.2, 0.25) is 0 Å². The molecule has 0 atom stereocenters. The molecule has 3 rings (SSSR count). The Morgan fingerprint density at radius 3 is 3.16 bits per heavy atom. The monoisotopic (exact) mass is 277 g/mol. The smallest absolute Gasteiger partial charge is 0.356 e. The summed E-state index contributed by atoms with van der Waals surface area (Å²) in [6, 6.07) is 3.64. The largest absolute Gasteiger partial charge is 0.476 e. The lowest BCUT2D eigenvalue weighted by atomic mass is 10.3. The molecule has 0 bridgehead atoms. The second-order valence-electron chi connectivity index (χ2n) is 4.08. The van der Waals surface area contributed by atoms with Gasteiger partial charge in [-0.05, 0) is 12.1 Å². The van der Waals surface area contributed by atoms with E-state index in [0.717, 1.165) is 5.76 Å². The third-order valence-corrected chi connectivity index (χ3v) is 3.54. The minimum atomic E-state index is -0.993. The van der Waals surface area contributed by atoms with Crippen molar-refractivity contribution in [1.29, 1.82) is 0 Å². The Balaban J connectivity index is 2.01. The number of rotatable bonds is 4. The topological polar surface area (TPSA) is 71.0 Å². The SMILES string of the molecule is CN(Cc1ccco1)c1nc2sccn2c1C(=O)O. The molecule has 19 heavy (non-hydrogen) atoms. The summed E-state index contributed by atoms with van der Waals surface area (Å²) in [4.78, 5) is 18.2. The van der Waals surface area contributed by atoms with Gasteiger partial charge in [0, 0.05) is 18.6 Å². The molecule has 0 amide bonds. The Kier molecular flexibility index (Phi) is 2.75. The van der Waals surface area contributed by atoms with Gasteiger partial charge in [-0.25, -0.2) is 9.78 Å². The minimum Gasteiger partial charge on any atom is -0.476 e. The number of fused-ring (bicyclic) bond motifs is 1. The van der Waals surface area contributed by atoms with Crippen molar-refractivity contribution in [2.24, 2.45) is 0 Å². The van der Waals surface area contributed by atoms with E-state index in [-0.39, 0.29) is 5.69 Å². The van der Waals surface area contributed by atoms with E-state index in [4.69, 9.17) is 4.42 Å². The lowest BCUT2D eigenvalue weighted by Crippen LogP contribution is -2.19. The fourth-order valence-corrected chi connectivity index (χ4v) is 2.66. The molecule has 7 heteroatoms. The summed E-state index contributed by atoms with van der Waals surface area (Å²) in [5.74, 6) is 0.207. The van der Waals surface area contributed by atoms with Crippen molar-refractivity contribution in [3.05, 3.63) is 41.4 Å². The average Bonchev–Trinajstić information content (AvgIpc) is 3.02. The van der Waals surface area contributed by atoms with Crippen LogP contribution in [-0.2, 0) is 6.54 Å². The average molecular weight is 277 g/mol. The molecule has 1 N–H and O–H groups in total. The number of furan rings is 1. The van der Waals surface area contributed by atoms with Crippen molar-refractivity contribution in [1.82, 2.24) is 9.38 Å². The van der Waals surface area contributed by atoms with Gasteiger partial charge in [0.1, 0.15) is 5.76 Å².